The highest BCUT2D eigenvalue weighted by Crippen LogP contribution is 2.63. The van der Waals surface area contributed by atoms with Crippen molar-refractivity contribution in [3.63, 3.8) is 0 Å². The maximum atomic E-state index is 2.48. The van der Waals surface area contributed by atoms with Gasteiger partial charge in [0.1, 0.15) is 0 Å². The van der Waals surface area contributed by atoms with Gasteiger partial charge in [-0.3, -0.25) is 0 Å². The second kappa shape index (κ2) is 3.76. The van der Waals surface area contributed by atoms with Crippen LogP contribution in [-0.2, 0) is 0 Å². The normalized spacial score (nSPS) is 34.0. The fraction of sp³-hybridized carbons (Fsp3) is 1.00. The van der Waals surface area contributed by atoms with Crippen molar-refractivity contribution >= 4 is 0 Å². The molecule has 0 heteroatoms. The molecule has 2 aliphatic carbocycles. The predicted molar refractivity (Wildman–Crippen MR) is 80.6 cm³/mol. The molecule has 0 aliphatic heterocycles. The van der Waals surface area contributed by atoms with Crippen molar-refractivity contribution in [1.82, 2.24) is 0 Å². The molecular formula is C18H34. The van der Waals surface area contributed by atoms with Gasteiger partial charge < -0.3 is 0 Å². The first-order chi connectivity index (χ1) is 7.88. The van der Waals surface area contributed by atoms with E-state index >= 15 is 0 Å². The van der Waals surface area contributed by atoms with Crippen molar-refractivity contribution in [1.29, 1.82) is 0 Å². The Morgan fingerprint density at radius 2 is 0.611 bits per heavy atom. The Labute approximate surface area is 115 Å². The summed E-state index contributed by atoms with van der Waals surface area (Å²) in [5, 5.41) is 0. The first-order valence-electron chi connectivity index (χ1n) is 7.88. The molecule has 0 aromatic carbocycles. The third-order valence-electron chi connectivity index (χ3n) is 7.42. The molecule has 0 spiro atoms. The van der Waals surface area contributed by atoms with Gasteiger partial charge in [0.25, 0.3) is 0 Å². The lowest BCUT2D eigenvalue weighted by Gasteiger charge is -2.34. The van der Waals surface area contributed by atoms with Gasteiger partial charge in [-0.15, -0.1) is 0 Å². The van der Waals surface area contributed by atoms with Crippen molar-refractivity contribution in [3.8, 4) is 0 Å². The lowest BCUT2D eigenvalue weighted by atomic mass is 9.71. The van der Waals surface area contributed by atoms with E-state index in [4.69, 9.17) is 0 Å². The van der Waals surface area contributed by atoms with Gasteiger partial charge in [-0.25, -0.2) is 0 Å². The summed E-state index contributed by atoms with van der Waals surface area (Å²) in [7, 11) is 0. The highest BCUT2D eigenvalue weighted by molar-refractivity contribution is 5.03. The van der Waals surface area contributed by atoms with Crippen molar-refractivity contribution in [2.75, 3.05) is 0 Å². The Balaban J connectivity index is 2.14. The predicted octanol–water partition coefficient (Wildman–Crippen LogP) is 5.91. The maximum Gasteiger partial charge on any atom is -0.0300 e. The van der Waals surface area contributed by atoms with Crippen LogP contribution >= 0.6 is 0 Å². The molecule has 2 aliphatic rings. The SMILES string of the molecule is CC1(C)CC(C2CC(C)(C)C(C)(C)C2)CC1(C)C. The Kier molecular flexibility index (Phi) is 3.01. The van der Waals surface area contributed by atoms with Crippen molar-refractivity contribution in [2.24, 2.45) is 33.5 Å². The van der Waals surface area contributed by atoms with E-state index in [0.717, 1.165) is 11.8 Å². The van der Waals surface area contributed by atoms with Crippen molar-refractivity contribution in [3.05, 3.63) is 0 Å². The number of rotatable bonds is 1. The Morgan fingerprint density at radius 1 is 0.444 bits per heavy atom. The molecular weight excluding hydrogens is 216 g/mol. The standard InChI is InChI=1S/C18H34/c1-15(2)9-13(10-16(15,3)4)14-11-17(5,6)18(7,8)12-14/h13-14H,9-12H2,1-8H3. The first kappa shape index (κ1) is 14.4. The van der Waals surface area contributed by atoms with E-state index in [2.05, 4.69) is 55.4 Å². The minimum atomic E-state index is 0.522. The number of hydrogen-bond acceptors (Lipinski definition) is 0. The zero-order valence-corrected chi connectivity index (χ0v) is 14.0. The van der Waals surface area contributed by atoms with Crippen LogP contribution in [0.25, 0.3) is 0 Å². The Bertz CT molecular complexity index is 264. The smallest absolute Gasteiger partial charge is 0.0300 e. The largest absolute Gasteiger partial charge is 0.0594 e. The van der Waals surface area contributed by atoms with E-state index in [0.29, 0.717) is 21.7 Å². The van der Waals surface area contributed by atoms with E-state index in [-0.39, 0.29) is 0 Å². The van der Waals surface area contributed by atoms with E-state index in [1.165, 1.54) is 25.7 Å². The lowest BCUT2D eigenvalue weighted by Crippen LogP contribution is -2.25. The van der Waals surface area contributed by atoms with Crippen molar-refractivity contribution in [2.45, 2.75) is 81.1 Å². The second-order valence-electron chi connectivity index (χ2n) is 9.87. The molecule has 0 aromatic heterocycles. The topological polar surface area (TPSA) is 0 Å². The summed E-state index contributed by atoms with van der Waals surface area (Å²) in [6.45, 7) is 19.9. The molecule has 0 aromatic rings. The van der Waals surface area contributed by atoms with Gasteiger partial charge in [0, 0.05) is 0 Å². The average Bonchev–Trinajstić information content (AvgIpc) is 2.45. The molecule has 0 nitrogen and oxygen atoms in total. The number of hydrogen-bond donors (Lipinski definition) is 0. The van der Waals surface area contributed by atoms with Crippen LogP contribution in [0.4, 0.5) is 0 Å². The molecule has 106 valence electrons. The van der Waals surface area contributed by atoms with Gasteiger partial charge >= 0.3 is 0 Å². The van der Waals surface area contributed by atoms with Crippen LogP contribution in [0.5, 0.6) is 0 Å². The molecule has 0 radical (unpaired) electrons. The third kappa shape index (κ3) is 2.04. The average molecular weight is 250 g/mol. The van der Waals surface area contributed by atoms with Gasteiger partial charge in [-0.05, 0) is 59.2 Å². The highest BCUT2D eigenvalue weighted by atomic mass is 14.6. The highest BCUT2D eigenvalue weighted by Gasteiger charge is 2.53. The summed E-state index contributed by atoms with van der Waals surface area (Å²) < 4.78 is 0. The molecule has 0 amide bonds. The fourth-order valence-corrected chi connectivity index (χ4v) is 4.54. The molecule has 0 N–H and O–H groups in total. The second-order valence-corrected chi connectivity index (χ2v) is 9.87. The molecule has 0 atom stereocenters. The fourth-order valence-electron chi connectivity index (χ4n) is 4.54. The molecule has 2 saturated carbocycles. The van der Waals surface area contributed by atoms with Gasteiger partial charge in [0.2, 0.25) is 0 Å². The van der Waals surface area contributed by atoms with Gasteiger partial charge in [0.15, 0.2) is 0 Å². The summed E-state index contributed by atoms with van der Waals surface area (Å²) in [4.78, 5) is 0. The van der Waals surface area contributed by atoms with Crippen LogP contribution in [0, 0.1) is 33.5 Å². The minimum Gasteiger partial charge on any atom is -0.0594 e. The van der Waals surface area contributed by atoms with Gasteiger partial charge in [0.05, 0.1) is 0 Å². The summed E-state index contributed by atoms with van der Waals surface area (Å²) in [6, 6.07) is 0. The van der Waals surface area contributed by atoms with Crippen LogP contribution in [0.3, 0.4) is 0 Å². The van der Waals surface area contributed by atoms with Crippen LogP contribution in [0.2, 0.25) is 0 Å². The summed E-state index contributed by atoms with van der Waals surface area (Å²) >= 11 is 0. The van der Waals surface area contributed by atoms with E-state index in [1.807, 2.05) is 0 Å². The minimum absolute atomic E-state index is 0.522. The van der Waals surface area contributed by atoms with Crippen molar-refractivity contribution < 1.29 is 0 Å². The molecule has 2 fully saturated rings. The van der Waals surface area contributed by atoms with Crippen LogP contribution in [-0.4, -0.2) is 0 Å². The van der Waals surface area contributed by atoms with Gasteiger partial charge in [-0.1, -0.05) is 55.4 Å². The molecule has 0 bridgehead atoms. The third-order valence-corrected chi connectivity index (χ3v) is 7.42. The van der Waals surface area contributed by atoms with Crippen LogP contribution in [0.1, 0.15) is 81.1 Å². The Hall–Kier alpha value is 0. The zero-order chi connectivity index (χ0) is 14.0. The molecule has 0 unspecified atom stereocenters. The summed E-state index contributed by atoms with van der Waals surface area (Å²) in [5.74, 6) is 1.94. The van der Waals surface area contributed by atoms with E-state index in [9.17, 15) is 0 Å². The maximum absolute atomic E-state index is 2.48. The summed E-state index contributed by atoms with van der Waals surface area (Å²) in [5.41, 5.74) is 2.09. The quantitative estimate of drug-likeness (QED) is 0.542. The van der Waals surface area contributed by atoms with Crippen LogP contribution in [0.15, 0.2) is 0 Å². The zero-order valence-electron chi connectivity index (χ0n) is 14.0. The lowest BCUT2D eigenvalue weighted by molar-refractivity contribution is 0.157. The Morgan fingerprint density at radius 3 is 0.778 bits per heavy atom. The molecule has 2 rings (SSSR count). The molecule has 0 saturated heterocycles. The van der Waals surface area contributed by atoms with Crippen LogP contribution < -0.4 is 0 Å². The summed E-state index contributed by atoms with van der Waals surface area (Å²) in [6.07, 6.45) is 5.77. The van der Waals surface area contributed by atoms with E-state index < -0.39 is 0 Å². The monoisotopic (exact) mass is 250 g/mol. The first-order valence-corrected chi connectivity index (χ1v) is 7.88. The van der Waals surface area contributed by atoms with Gasteiger partial charge in [-0.2, -0.15) is 0 Å². The molecule has 0 heterocycles. The molecule has 18 heavy (non-hydrogen) atoms. The van der Waals surface area contributed by atoms with E-state index in [1.54, 1.807) is 0 Å².